The fourth-order valence-corrected chi connectivity index (χ4v) is 1.51. The lowest BCUT2D eigenvalue weighted by Crippen LogP contribution is -2.13. The van der Waals surface area contributed by atoms with Crippen LogP contribution in [0.2, 0.25) is 0 Å². The Kier molecular flexibility index (Phi) is 1.07. The molecule has 1 atom stereocenters. The van der Waals surface area contributed by atoms with E-state index in [1.54, 1.807) is 6.20 Å². The molecule has 60 valence electrons. The van der Waals surface area contributed by atoms with Crippen molar-refractivity contribution in [3.63, 3.8) is 0 Å². The monoisotopic (exact) mass is 161 g/mol. The number of ether oxygens (including phenoxy) is 2. The van der Waals surface area contributed by atoms with Gasteiger partial charge >= 0.3 is 0 Å². The quantitative estimate of drug-likeness (QED) is 0.533. The molecule has 1 aliphatic carbocycles. The van der Waals surface area contributed by atoms with Gasteiger partial charge in [-0.3, -0.25) is 4.99 Å². The molecule has 2 aliphatic heterocycles. The van der Waals surface area contributed by atoms with E-state index in [-0.39, 0.29) is 6.10 Å². The van der Waals surface area contributed by atoms with E-state index >= 15 is 0 Å². The first-order valence-electron chi connectivity index (χ1n) is 3.86. The summed E-state index contributed by atoms with van der Waals surface area (Å²) in [5, 5.41) is 0. The normalized spacial score (nSPS) is 30.0. The van der Waals surface area contributed by atoms with Crippen LogP contribution >= 0.6 is 0 Å². The molecule has 3 aliphatic rings. The second-order valence-electron chi connectivity index (χ2n) is 2.85. The van der Waals surface area contributed by atoms with Crippen molar-refractivity contribution >= 4 is 5.71 Å². The van der Waals surface area contributed by atoms with Gasteiger partial charge in [0.25, 0.3) is 0 Å². The SMILES string of the molecule is C1=CC2=CC3OCOC3=CC2=N1. The fraction of sp³-hybridized carbons (Fsp3) is 0.222. The number of hydrogen-bond donors (Lipinski definition) is 0. The fourth-order valence-electron chi connectivity index (χ4n) is 1.51. The molecule has 0 aromatic heterocycles. The van der Waals surface area contributed by atoms with Crippen molar-refractivity contribution in [2.24, 2.45) is 4.99 Å². The van der Waals surface area contributed by atoms with Gasteiger partial charge in [-0.05, 0) is 12.2 Å². The smallest absolute Gasteiger partial charge is 0.189 e. The molecule has 0 bridgehead atoms. The molecule has 0 radical (unpaired) electrons. The minimum absolute atomic E-state index is 0.0155. The lowest BCUT2D eigenvalue weighted by Gasteiger charge is -2.10. The molecule has 2 heterocycles. The summed E-state index contributed by atoms with van der Waals surface area (Å²) in [6.45, 7) is 0.358. The van der Waals surface area contributed by atoms with Gasteiger partial charge in [-0.15, -0.1) is 0 Å². The molecular formula is C9H7NO2. The van der Waals surface area contributed by atoms with Gasteiger partial charge in [0.1, 0.15) is 11.9 Å². The van der Waals surface area contributed by atoms with Gasteiger partial charge in [0, 0.05) is 17.8 Å². The molecule has 3 heteroatoms. The molecule has 3 rings (SSSR count). The molecule has 0 aromatic rings. The van der Waals surface area contributed by atoms with Gasteiger partial charge in [-0.2, -0.15) is 0 Å². The highest BCUT2D eigenvalue weighted by Crippen LogP contribution is 2.27. The summed E-state index contributed by atoms with van der Waals surface area (Å²) in [5.41, 5.74) is 2.11. The average molecular weight is 161 g/mol. The minimum Gasteiger partial charge on any atom is -0.469 e. The largest absolute Gasteiger partial charge is 0.469 e. The first-order chi connectivity index (χ1) is 5.93. The van der Waals surface area contributed by atoms with Gasteiger partial charge < -0.3 is 9.47 Å². The van der Waals surface area contributed by atoms with Crippen LogP contribution in [0.1, 0.15) is 0 Å². The Hall–Kier alpha value is -1.35. The Balaban J connectivity index is 2.08. The molecule has 1 saturated heterocycles. The Morgan fingerprint density at radius 1 is 1.50 bits per heavy atom. The number of allylic oxidation sites excluding steroid dienone is 3. The van der Waals surface area contributed by atoms with Crippen molar-refractivity contribution in [1.29, 1.82) is 0 Å². The van der Waals surface area contributed by atoms with E-state index in [0.29, 0.717) is 6.79 Å². The highest BCUT2D eigenvalue weighted by atomic mass is 16.7. The van der Waals surface area contributed by atoms with Gasteiger partial charge in [-0.1, -0.05) is 0 Å². The molecular weight excluding hydrogens is 154 g/mol. The van der Waals surface area contributed by atoms with E-state index in [9.17, 15) is 0 Å². The van der Waals surface area contributed by atoms with Crippen molar-refractivity contribution < 1.29 is 9.47 Å². The van der Waals surface area contributed by atoms with Crippen molar-refractivity contribution in [3.8, 4) is 0 Å². The summed E-state index contributed by atoms with van der Waals surface area (Å²) >= 11 is 0. The van der Waals surface area contributed by atoms with E-state index in [0.717, 1.165) is 17.0 Å². The zero-order valence-corrected chi connectivity index (χ0v) is 6.36. The number of aliphatic imine (C=N–C) groups is 1. The Morgan fingerprint density at radius 2 is 2.50 bits per heavy atom. The Morgan fingerprint density at radius 3 is 3.50 bits per heavy atom. The second kappa shape index (κ2) is 2.08. The van der Waals surface area contributed by atoms with Crippen LogP contribution in [-0.4, -0.2) is 18.6 Å². The zero-order valence-electron chi connectivity index (χ0n) is 6.36. The average Bonchev–Trinajstić information content (AvgIpc) is 2.64. The highest BCUT2D eigenvalue weighted by Gasteiger charge is 2.27. The number of hydrogen-bond acceptors (Lipinski definition) is 3. The third-order valence-electron chi connectivity index (χ3n) is 2.13. The van der Waals surface area contributed by atoms with Crippen LogP contribution in [-0.2, 0) is 9.47 Å². The summed E-state index contributed by atoms with van der Waals surface area (Å²) in [6, 6.07) is 0. The molecule has 0 saturated carbocycles. The van der Waals surface area contributed by atoms with E-state index in [1.165, 1.54) is 0 Å². The van der Waals surface area contributed by atoms with Gasteiger partial charge in [-0.25, -0.2) is 0 Å². The van der Waals surface area contributed by atoms with Crippen molar-refractivity contribution in [1.82, 2.24) is 0 Å². The lowest BCUT2D eigenvalue weighted by atomic mass is 10.0. The second-order valence-corrected chi connectivity index (χ2v) is 2.85. The van der Waals surface area contributed by atoms with Gasteiger partial charge in [0.2, 0.25) is 0 Å². The molecule has 1 unspecified atom stereocenters. The van der Waals surface area contributed by atoms with E-state index in [2.05, 4.69) is 4.99 Å². The Labute approximate surface area is 69.7 Å². The number of fused-ring (bicyclic) bond motifs is 2. The molecule has 0 spiro atoms. The van der Waals surface area contributed by atoms with Gasteiger partial charge in [0.15, 0.2) is 6.79 Å². The van der Waals surface area contributed by atoms with Crippen molar-refractivity contribution in [3.05, 3.63) is 35.8 Å². The van der Waals surface area contributed by atoms with Crippen LogP contribution in [0.4, 0.5) is 0 Å². The van der Waals surface area contributed by atoms with Crippen molar-refractivity contribution in [2.75, 3.05) is 6.79 Å². The predicted molar refractivity (Wildman–Crippen MR) is 43.6 cm³/mol. The number of rotatable bonds is 0. The summed E-state index contributed by atoms with van der Waals surface area (Å²) in [7, 11) is 0. The third-order valence-corrected chi connectivity index (χ3v) is 2.13. The first-order valence-corrected chi connectivity index (χ1v) is 3.86. The highest BCUT2D eigenvalue weighted by molar-refractivity contribution is 6.13. The van der Waals surface area contributed by atoms with Crippen LogP contribution in [0.15, 0.2) is 40.8 Å². The van der Waals surface area contributed by atoms with Crippen LogP contribution in [0.3, 0.4) is 0 Å². The predicted octanol–water partition coefficient (Wildman–Crippen LogP) is 1.15. The molecule has 0 aromatic carbocycles. The summed E-state index contributed by atoms with van der Waals surface area (Å²) in [5.74, 6) is 0.876. The topological polar surface area (TPSA) is 30.8 Å². The molecule has 12 heavy (non-hydrogen) atoms. The molecule has 1 fully saturated rings. The maximum Gasteiger partial charge on any atom is 0.189 e. The van der Waals surface area contributed by atoms with Gasteiger partial charge in [0.05, 0.1) is 5.71 Å². The van der Waals surface area contributed by atoms with E-state index in [4.69, 9.17) is 9.47 Å². The number of nitrogens with zero attached hydrogens (tertiary/aromatic N) is 1. The maximum atomic E-state index is 5.31. The zero-order chi connectivity index (χ0) is 7.97. The Bertz CT molecular complexity index is 350. The maximum absolute atomic E-state index is 5.31. The van der Waals surface area contributed by atoms with Crippen LogP contribution in [0, 0.1) is 0 Å². The van der Waals surface area contributed by atoms with Crippen LogP contribution < -0.4 is 0 Å². The lowest BCUT2D eigenvalue weighted by molar-refractivity contribution is 0.0629. The minimum atomic E-state index is 0.0155. The van der Waals surface area contributed by atoms with Crippen LogP contribution in [0.25, 0.3) is 0 Å². The van der Waals surface area contributed by atoms with E-state index < -0.39 is 0 Å². The first kappa shape index (κ1) is 6.20. The molecule has 3 nitrogen and oxygen atoms in total. The summed E-state index contributed by atoms with van der Waals surface area (Å²) in [4.78, 5) is 4.17. The third kappa shape index (κ3) is 0.713. The molecule has 0 amide bonds. The van der Waals surface area contributed by atoms with E-state index in [1.807, 2.05) is 18.2 Å². The summed E-state index contributed by atoms with van der Waals surface area (Å²) < 4.78 is 10.6. The van der Waals surface area contributed by atoms with Crippen molar-refractivity contribution in [2.45, 2.75) is 6.10 Å². The summed E-state index contributed by atoms with van der Waals surface area (Å²) in [6.07, 6.45) is 7.75. The standard InChI is InChI=1S/C9H7NO2/c1-2-10-7-4-9-8(3-6(1)7)11-5-12-9/h1-4,8H,5H2. The van der Waals surface area contributed by atoms with Crippen LogP contribution in [0.5, 0.6) is 0 Å². The molecule has 0 N–H and O–H groups in total.